The van der Waals surface area contributed by atoms with Gasteiger partial charge in [0.2, 0.25) is 0 Å². The third kappa shape index (κ3) is 8.96. The van der Waals surface area contributed by atoms with Gasteiger partial charge in [0.05, 0.1) is 0 Å². The van der Waals surface area contributed by atoms with Gasteiger partial charge in [-0.1, -0.05) is 28.1 Å². The standard InChI is InChI=1S/C18H29BrN2O2/c1-14(13-15-7-9-16(19)10-8-15)20-11-6-12-21(5)17(22)23-18(2,3)4/h7-10,14,20H,6,11-13H2,1-5H3. The number of carbonyl (C=O) groups excluding carboxylic acids is 1. The van der Waals surface area contributed by atoms with Gasteiger partial charge in [0.25, 0.3) is 0 Å². The normalized spacial score (nSPS) is 12.8. The molecule has 4 nitrogen and oxygen atoms in total. The summed E-state index contributed by atoms with van der Waals surface area (Å²) in [5, 5.41) is 3.50. The van der Waals surface area contributed by atoms with E-state index in [1.165, 1.54) is 5.56 Å². The van der Waals surface area contributed by atoms with E-state index in [-0.39, 0.29) is 6.09 Å². The van der Waals surface area contributed by atoms with Crippen LogP contribution in [0.3, 0.4) is 0 Å². The Bertz CT molecular complexity index is 483. The molecule has 0 aliphatic heterocycles. The zero-order valence-electron chi connectivity index (χ0n) is 14.9. The van der Waals surface area contributed by atoms with Gasteiger partial charge in [0.1, 0.15) is 5.60 Å². The van der Waals surface area contributed by atoms with Gasteiger partial charge in [-0.3, -0.25) is 0 Å². The first kappa shape index (κ1) is 20.0. The van der Waals surface area contributed by atoms with Gasteiger partial charge in [0, 0.05) is 24.1 Å². The Morgan fingerprint density at radius 1 is 1.30 bits per heavy atom. The summed E-state index contributed by atoms with van der Waals surface area (Å²) in [5.74, 6) is 0. The van der Waals surface area contributed by atoms with Gasteiger partial charge < -0.3 is 15.0 Å². The average molecular weight is 385 g/mol. The van der Waals surface area contributed by atoms with Crippen LogP contribution in [0.2, 0.25) is 0 Å². The van der Waals surface area contributed by atoms with Gasteiger partial charge in [-0.05, 0) is 64.8 Å². The summed E-state index contributed by atoms with van der Waals surface area (Å²) < 4.78 is 6.43. The second kappa shape index (κ2) is 9.28. The molecule has 1 amide bonds. The molecule has 0 bridgehead atoms. The Kier molecular flexibility index (Phi) is 8.06. The van der Waals surface area contributed by atoms with Crippen LogP contribution in [0.25, 0.3) is 0 Å². The predicted molar refractivity (Wildman–Crippen MR) is 98.8 cm³/mol. The van der Waals surface area contributed by atoms with E-state index in [2.05, 4.69) is 52.4 Å². The van der Waals surface area contributed by atoms with Crippen LogP contribution >= 0.6 is 15.9 Å². The van der Waals surface area contributed by atoms with Crippen LogP contribution in [0.15, 0.2) is 28.7 Å². The summed E-state index contributed by atoms with van der Waals surface area (Å²) in [7, 11) is 1.78. The zero-order chi connectivity index (χ0) is 17.5. The molecule has 0 heterocycles. The lowest BCUT2D eigenvalue weighted by atomic mass is 10.1. The van der Waals surface area contributed by atoms with Crippen LogP contribution in [0.5, 0.6) is 0 Å². The van der Waals surface area contributed by atoms with Crippen molar-refractivity contribution in [2.24, 2.45) is 0 Å². The molecule has 1 unspecified atom stereocenters. The molecular weight excluding hydrogens is 356 g/mol. The molecule has 0 saturated heterocycles. The van der Waals surface area contributed by atoms with E-state index >= 15 is 0 Å². The van der Waals surface area contributed by atoms with Crippen molar-refractivity contribution in [2.75, 3.05) is 20.1 Å². The lowest BCUT2D eigenvalue weighted by Gasteiger charge is -2.24. The number of amides is 1. The highest BCUT2D eigenvalue weighted by Crippen LogP contribution is 2.12. The van der Waals surface area contributed by atoms with E-state index < -0.39 is 5.60 Å². The van der Waals surface area contributed by atoms with Crippen molar-refractivity contribution < 1.29 is 9.53 Å². The van der Waals surface area contributed by atoms with Gasteiger partial charge in [-0.15, -0.1) is 0 Å². The molecule has 130 valence electrons. The van der Waals surface area contributed by atoms with E-state index in [9.17, 15) is 4.79 Å². The van der Waals surface area contributed by atoms with Crippen LogP contribution in [0.4, 0.5) is 4.79 Å². The molecule has 0 aliphatic carbocycles. The highest BCUT2D eigenvalue weighted by Gasteiger charge is 2.19. The van der Waals surface area contributed by atoms with Crippen molar-refractivity contribution >= 4 is 22.0 Å². The lowest BCUT2D eigenvalue weighted by Crippen LogP contribution is -2.36. The average Bonchev–Trinajstić information content (AvgIpc) is 2.44. The Morgan fingerprint density at radius 3 is 2.48 bits per heavy atom. The second-order valence-corrected chi connectivity index (χ2v) is 7.86. The predicted octanol–water partition coefficient (Wildman–Crippen LogP) is 4.23. The maximum atomic E-state index is 11.8. The Hall–Kier alpha value is -1.07. The van der Waals surface area contributed by atoms with E-state index in [1.807, 2.05) is 20.8 Å². The van der Waals surface area contributed by atoms with Crippen molar-refractivity contribution in [1.29, 1.82) is 0 Å². The van der Waals surface area contributed by atoms with Gasteiger partial charge in [0.15, 0.2) is 0 Å². The monoisotopic (exact) mass is 384 g/mol. The van der Waals surface area contributed by atoms with Gasteiger partial charge in [-0.2, -0.15) is 0 Å². The molecule has 1 N–H and O–H groups in total. The van der Waals surface area contributed by atoms with E-state index in [4.69, 9.17) is 4.74 Å². The SMILES string of the molecule is CC(Cc1ccc(Br)cc1)NCCCN(C)C(=O)OC(C)(C)C. The number of rotatable bonds is 7. The minimum absolute atomic E-state index is 0.264. The van der Waals surface area contributed by atoms with Crippen molar-refractivity contribution in [1.82, 2.24) is 10.2 Å². The zero-order valence-corrected chi connectivity index (χ0v) is 16.4. The molecule has 1 aromatic carbocycles. The Balaban J connectivity index is 2.21. The fraction of sp³-hybridized carbons (Fsp3) is 0.611. The first-order valence-electron chi connectivity index (χ1n) is 8.09. The molecule has 1 rings (SSSR count). The first-order valence-corrected chi connectivity index (χ1v) is 8.88. The van der Waals surface area contributed by atoms with Crippen LogP contribution in [-0.4, -0.2) is 42.8 Å². The summed E-state index contributed by atoms with van der Waals surface area (Å²) in [6.07, 6.45) is 1.63. The molecule has 1 aromatic rings. The maximum absolute atomic E-state index is 11.8. The van der Waals surface area contributed by atoms with Gasteiger partial charge in [-0.25, -0.2) is 4.79 Å². The minimum Gasteiger partial charge on any atom is -0.444 e. The number of nitrogens with one attached hydrogen (secondary N) is 1. The number of halogens is 1. The molecule has 0 spiro atoms. The number of hydrogen-bond donors (Lipinski definition) is 1. The second-order valence-electron chi connectivity index (χ2n) is 6.94. The molecule has 0 fully saturated rings. The maximum Gasteiger partial charge on any atom is 0.410 e. The van der Waals surface area contributed by atoms with Gasteiger partial charge >= 0.3 is 6.09 Å². The molecule has 0 aliphatic rings. The number of nitrogens with zero attached hydrogens (tertiary/aromatic N) is 1. The third-order valence-corrected chi connectivity index (χ3v) is 3.85. The summed E-state index contributed by atoms with van der Waals surface area (Å²) in [4.78, 5) is 13.5. The fourth-order valence-electron chi connectivity index (χ4n) is 2.14. The summed E-state index contributed by atoms with van der Waals surface area (Å²) in [6, 6.07) is 8.82. The fourth-order valence-corrected chi connectivity index (χ4v) is 2.41. The molecule has 5 heteroatoms. The number of carbonyl (C=O) groups is 1. The van der Waals surface area contributed by atoms with Crippen LogP contribution in [0.1, 0.15) is 39.7 Å². The van der Waals surface area contributed by atoms with Crippen molar-refractivity contribution in [3.63, 3.8) is 0 Å². The minimum atomic E-state index is -0.442. The Morgan fingerprint density at radius 2 is 1.91 bits per heavy atom. The Labute approximate surface area is 148 Å². The first-order chi connectivity index (χ1) is 10.7. The number of ether oxygens (including phenoxy) is 1. The highest BCUT2D eigenvalue weighted by molar-refractivity contribution is 9.10. The van der Waals surface area contributed by atoms with Crippen molar-refractivity contribution in [2.45, 2.75) is 52.2 Å². The van der Waals surface area contributed by atoms with E-state index in [0.717, 1.165) is 23.9 Å². The lowest BCUT2D eigenvalue weighted by molar-refractivity contribution is 0.0297. The third-order valence-electron chi connectivity index (χ3n) is 3.32. The number of benzene rings is 1. The quantitative estimate of drug-likeness (QED) is 0.715. The van der Waals surface area contributed by atoms with E-state index in [0.29, 0.717) is 12.6 Å². The van der Waals surface area contributed by atoms with Crippen LogP contribution < -0.4 is 5.32 Å². The number of hydrogen-bond acceptors (Lipinski definition) is 3. The summed E-state index contributed by atoms with van der Waals surface area (Å²) in [5.41, 5.74) is 0.877. The van der Waals surface area contributed by atoms with Crippen LogP contribution in [-0.2, 0) is 11.2 Å². The topological polar surface area (TPSA) is 41.6 Å². The molecule has 1 atom stereocenters. The van der Waals surface area contributed by atoms with Crippen LogP contribution in [0, 0.1) is 0 Å². The molecule has 0 saturated carbocycles. The van der Waals surface area contributed by atoms with E-state index in [1.54, 1.807) is 11.9 Å². The van der Waals surface area contributed by atoms with Crippen molar-refractivity contribution in [3.8, 4) is 0 Å². The molecule has 23 heavy (non-hydrogen) atoms. The molecule has 0 radical (unpaired) electrons. The molecular formula is C18H29BrN2O2. The highest BCUT2D eigenvalue weighted by atomic mass is 79.9. The molecule has 0 aromatic heterocycles. The summed E-state index contributed by atoms with van der Waals surface area (Å²) in [6.45, 7) is 9.38. The largest absolute Gasteiger partial charge is 0.444 e. The summed E-state index contributed by atoms with van der Waals surface area (Å²) >= 11 is 3.45. The van der Waals surface area contributed by atoms with Crippen molar-refractivity contribution in [3.05, 3.63) is 34.3 Å². The smallest absolute Gasteiger partial charge is 0.410 e.